The molecule has 0 spiro atoms. The smallest absolute Gasteiger partial charge is 0.263 e. The lowest BCUT2D eigenvalue weighted by Crippen LogP contribution is -2.29. The molecule has 1 unspecified atom stereocenters. The number of benzene rings is 1. The molecular formula is C23H27N3O3. The summed E-state index contributed by atoms with van der Waals surface area (Å²) in [6.45, 7) is 0.620. The Morgan fingerprint density at radius 1 is 1.00 bits per heavy atom. The highest BCUT2D eigenvalue weighted by molar-refractivity contribution is 5.99. The minimum atomic E-state index is -0.404. The average Bonchev–Trinajstić information content (AvgIpc) is 3.30. The van der Waals surface area contributed by atoms with Gasteiger partial charge in [-0.05, 0) is 56.0 Å². The van der Waals surface area contributed by atoms with Gasteiger partial charge in [0.15, 0.2) is 0 Å². The van der Waals surface area contributed by atoms with E-state index in [1.165, 1.54) is 19.3 Å². The summed E-state index contributed by atoms with van der Waals surface area (Å²) >= 11 is 0. The van der Waals surface area contributed by atoms with E-state index in [0.29, 0.717) is 23.3 Å². The molecule has 1 amide bonds. The van der Waals surface area contributed by atoms with Crippen molar-refractivity contribution in [3.63, 3.8) is 0 Å². The molecule has 2 aliphatic rings. The van der Waals surface area contributed by atoms with Gasteiger partial charge in [0.05, 0.1) is 6.04 Å². The van der Waals surface area contributed by atoms with Gasteiger partial charge in [0, 0.05) is 24.1 Å². The van der Waals surface area contributed by atoms with Crippen LogP contribution in [-0.4, -0.2) is 35.1 Å². The Hall–Kier alpha value is -2.73. The molecule has 1 aromatic carbocycles. The van der Waals surface area contributed by atoms with Crippen LogP contribution in [-0.2, 0) is 9.53 Å². The fourth-order valence-electron chi connectivity index (χ4n) is 3.98. The van der Waals surface area contributed by atoms with Gasteiger partial charge >= 0.3 is 0 Å². The van der Waals surface area contributed by atoms with Gasteiger partial charge in [-0.2, -0.15) is 0 Å². The topological polar surface area (TPSA) is 72.7 Å². The van der Waals surface area contributed by atoms with Gasteiger partial charge < -0.3 is 10.1 Å². The zero-order valence-corrected chi connectivity index (χ0v) is 16.5. The largest absolute Gasteiger partial charge is 0.368 e. The maximum absolute atomic E-state index is 13.2. The molecule has 1 aromatic heterocycles. The van der Waals surface area contributed by atoms with Gasteiger partial charge in [-0.15, -0.1) is 0 Å². The molecule has 2 fully saturated rings. The third kappa shape index (κ3) is 4.82. The van der Waals surface area contributed by atoms with Crippen LogP contribution in [0.1, 0.15) is 55.3 Å². The van der Waals surface area contributed by atoms with Crippen molar-refractivity contribution in [1.82, 2.24) is 4.57 Å². The second-order valence-corrected chi connectivity index (χ2v) is 7.73. The molecule has 0 bridgehead atoms. The van der Waals surface area contributed by atoms with Crippen molar-refractivity contribution in [3.8, 4) is 0 Å². The Balaban J connectivity index is 1.55. The van der Waals surface area contributed by atoms with E-state index in [0.717, 1.165) is 25.7 Å². The fourth-order valence-corrected chi connectivity index (χ4v) is 3.98. The summed E-state index contributed by atoms with van der Waals surface area (Å²) in [5, 5.41) is 2.86. The van der Waals surface area contributed by atoms with Crippen molar-refractivity contribution in [3.05, 3.63) is 59.7 Å². The van der Waals surface area contributed by atoms with Gasteiger partial charge in [0.2, 0.25) is 0 Å². The van der Waals surface area contributed by atoms with E-state index in [2.05, 4.69) is 5.32 Å². The standard InChI is InChI=1S/C23H27N3O3/c27-22(20-12-7-15-29-20)25-19-11-6-8-17(16-19)23(28)26-14-5-4-13-21(26)24-18-9-2-1-3-10-18/h4-6,8,11,13-14,16,18,20H,1-3,7,9-10,12,15H2,(H,25,27). The summed E-state index contributed by atoms with van der Waals surface area (Å²) in [6.07, 6.45) is 8.79. The van der Waals surface area contributed by atoms with Crippen LogP contribution < -0.4 is 10.8 Å². The number of ether oxygens (including phenoxy) is 1. The van der Waals surface area contributed by atoms with Crippen LogP contribution in [0.15, 0.2) is 53.7 Å². The Morgan fingerprint density at radius 3 is 2.66 bits per heavy atom. The lowest BCUT2D eigenvalue weighted by Gasteiger charge is -2.18. The minimum absolute atomic E-state index is 0.159. The number of rotatable bonds is 4. The van der Waals surface area contributed by atoms with E-state index in [1.54, 1.807) is 35.0 Å². The molecule has 1 aliphatic carbocycles. The monoisotopic (exact) mass is 393 g/mol. The Labute approximate surface area is 170 Å². The maximum atomic E-state index is 13.2. The van der Waals surface area contributed by atoms with Crippen LogP contribution in [0.5, 0.6) is 0 Å². The number of nitrogens with zero attached hydrogens (tertiary/aromatic N) is 2. The van der Waals surface area contributed by atoms with Gasteiger partial charge in [-0.25, -0.2) is 0 Å². The van der Waals surface area contributed by atoms with Crippen molar-refractivity contribution in [2.24, 2.45) is 4.99 Å². The first-order chi connectivity index (χ1) is 14.2. The summed E-state index contributed by atoms with van der Waals surface area (Å²) < 4.78 is 7.02. The van der Waals surface area contributed by atoms with E-state index in [4.69, 9.17) is 9.73 Å². The molecule has 29 heavy (non-hydrogen) atoms. The highest BCUT2D eigenvalue weighted by atomic mass is 16.5. The van der Waals surface area contributed by atoms with Gasteiger partial charge in [-0.1, -0.05) is 31.4 Å². The molecular weight excluding hydrogens is 366 g/mol. The number of nitrogens with one attached hydrogen (secondary N) is 1. The molecule has 1 atom stereocenters. The second-order valence-electron chi connectivity index (χ2n) is 7.73. The zero-order chi connectivity index (χ0) is 20.1. The predicted octanol–water partition coefficient (Wildman–Crippen LogP) is 3.53. The average molecular weight is 393 g/mol. The van der Waals surface area contributed by atoms with Crippen LogP contribution in [0.25, 0.3) is 0 Å². The van der Waals surface area contributed by atoms with Crippen LogP contribution in [0.3, 0.4) is 0 Å². The first-order valence-electron chi connectivity index (χ1n) is 10.5. The van der Waals surface area contributed by atoms with E-state index < -0.39 is 6.10 Å². The van der Waals surface area contributed by atoms with Gasteiger partial charge in [0.1, 0.15) is 11.6 Å². The van der Waals surface area contributed by atoms with Crippen molar-refractivity contribution in [2.45, 2.75) is 57.1 Å². The number of pyridine rings is 1. The zero-order valence-electron chi connectivity index (χ0n) is 16.5. The quantitative estimate of drug-likeness (QED) is 0.864. The van der Waals surface area contributed by atoms with Gasteiger partial charge in [-0.3, -0.25) is 19.1 Å². The molecule has 4 rings (SSSR count). The van der Waals surface area contributed by atoms with E-state index in [1.807, 2.05) is 18.2 Å². The third-order valence-electron chi connectivity index (χ3n) is 5.55. The predicted molar refractivity (Wildman–Crippen MR) is 111 cm³/mol. The molecule has 0 radical (unpaired) electrons. The number of aromatic nitrogens is 1. The van der Waals surface area contributed by atoms with E-state index in [9.17, 15) is 9.59 Å². The van der Waals surface area contributed by atoms with Crippen molar-refractivity contribution in [2.75, 3.05) is 11.9 Å². The Morgan fingerprint density at radius 2 is 1.86 bits per heavy atom. The van der Waals surface area contributed by atoms with E-state index in [-0.39, 0.29) is 17.9 Å². The first kappa shape index (κ1) is 19.6. The Bertz CT molecular complexity index is 938. The first-order valence-corrected chi connectivity index (χ1v) is 10.5. The maximum Gasteiger partial charge on any atom is 0.263 e. The van der Waals surface area contributed by atoms with Crippen molar-refractivity contribution >= 4 is 17.5 Å². The summed E-state index contributed by atoms with van der Waals surface area (Å²) in [7, 11) is 0. The molecule has 2 heterocycles. The highest BCUT2D eigenvalue weighted by Gasteiger charge is 2.23. The number of amides is 1. The van der Waals surface area contributed by atoms with Crippen LogP contribution in [0.4, 0.5) is 5.69 Å². The summed E-state index contributed by atoms with van der Waals surface area (Å²) in [5.41, 5.74) is 1.78. The van der Waals surface area contributed by atoms with Crippen molar-refractivity contribution < 1.29 is 14.3 Å². The molecule has 1 saturated carbocycles. The molecule has 1 aliphatic heterocycles. The number of hydrogen-bond donors (Lipinski definition) is 1. The molecule has 2 aromatic rings. The third-order valence-corrected chi connectivity index (χ3v) is 5.55. The molecule has 6 nitrogen and oxygen atoms in total. The summed E-state index contributed by atoms with van der Waals surface area (Å²) in [6, 6.07) is 12.9. The SMILES string of the molecule is O=C(Nc1cccc(C(=O)n2ccccc2=NC2CCCCC2)c1)C1CCCO1. The summed E-state index contributed by atoms with van der Waals surface area (Å²) in [5.74, 6) is -0.319. The molecule has 1 N–H and O–H groups in total. The number of anilines is 1. The number of carbonyl (C=O) groups is 2. The lowest BCUT2D eigenvalue weighted by atomic mass is 9.96. The summed E-state index contributed by atoms with van der Waals surface area (Å²) in [4.78, 5) is 30.3. The highest BCUT2D eigenvalue weighted by Crippen LogP contribution is 2.20. The normalized spacial score (nSPS) is 20.6. The number of carbonyl (C=O) groups excluding carboxylic acids is 2. The Kier molecular flexibility index (Phi) is 6.20. The molecule has 6 heteroatoms. The van der Waals surface area contributed by atoms with Crippen molar-refractivity contribution in [1.29, 1.82) is 0 Å². The van der Waals surface area contributed by atoms with E-state index >= 15 is 0 Å². The second kappa shape index (κ2) is 9.18. The molecule has 152 valence electrons. The van der Waals surface area contributed by atoms with Crippen LogP contribution >= 0.6 is 0 Å². The van der Waals surface area contributed by atoms with Gasteiger partial charge in [0.25, 0.3) is 11.8 Å². The molecule has 1 saturated heterocycles. The van der Waals surface area contributed by atoms with Crippen LogP contribution in [0, 0.1) is 0 Å². The number of hydrogen-bond acceptors (Lipinski definition) is 4. The minimum Gasteiger partial charge on any atom is -0.368 e. The fraction of sp³-hybridized carbons (Fsp3) is 0.435. The lowest BCUT2D eigenvalue weighted by molar-refractivity contribution is -0.124. The van der Waals surface area contributed by atoms with Crippen LogP contribution in [0.2, 0.25) is 0 Å².